The van der Waals surface area contributed by atoms with Gasteiger partial charge in [-0.25, -0.2) is 0 Å². The Balaban J connectivity index is 1.77. The van der Waals surface area contributed by atoms with Gasteiger partial charge in [0.15, 0.2) is 0 Å². The largest absolute Gasteiger partial charge is 0.431 e. The second-order valence-corrected chi connectivity index (χ2v) is 5.19. The fourth-order valence-corrected chi connectivity index (χ4v) is 2.35. The summed E-state index contributed by atoms with van der Waals surface area (Å²) in [7, 11) is 0. The van der Waals surface area contributed by atoms with Gasteiger partial charge in [-0.05, 0) is 18.1 Å². The Bertz CT molecular complexity index is 562. The number of hydrogen-bond donors (Lipinski definition) is 1. The molecule has 0 fully saturated rings. The highest BCUT2D eigenvalue weighted by atomic mass is 16.4. The molecule has 0 spiro atoms. The van der Waals surface area contributed by atoms with Gasteiger partial charge in [-0.15, -0.1) is 0 Å². The highest BCUT2D eigenvalue weighted by Crippen LogP contribution is 2.33. The predicted octanol–water partition coefficient (Wildman–Crippen LogP) is 2.87. The zero-order valence-electron chi connectivity index (χ0n) is 11.4. The maximum Gasteiger partial charge on any atom is 0.302 e. The zero-order valence-corrected chi connectivity index (χ0v) is 11.4. The van der Waals surface area contributed by atoms with Crippen LogP contribution in [0.1, 0.15) is 25.1 Å². The van der Waals surface area contributed by atoms with E-state index < -0.39 is 0 Å². The molecule has 4 heteroatoms. The fraction of sp³-hybridized carbons (Fsp3) is 0.400. The van der Waals surface area contributed by atoms with Gasteiger partial charge in [0.1, 0.15) is 6.26 Å². The van der Waals surface area contributed by atoms with Crippen LogP contribution in [0.2, 0.25) is 0 Å². The summed E-state index contributed by atoms with van der Waals surface area (Å²) in [6.45, 7) is 5.93. The molecule has 100 valence electrons. The van der Waals surface area contributed by atoms with Crippen molar-refractivity contribution < 1.29 is 4.42 Å². The molecule has 19 heavy (non-hydrogen) atoms. The van der Waals surface area contributed by atoms with Crippen molar-refractivity contribution >= 4 is 11.7 Å². The molecule has 0 amide bonds. The van der Waals surface area contributed by atoms with Crippen LogP contribution >= 0.6 is 0 Å². The summed E-state index contributed by atoms with van der Waals surface area (Å²) in [5.74, 6) is 0. The van der Waals surface area contributed by atoms with Gasteiger partial charge in [-0.3, -0.25) is 4.90 Å². The molecule has 1 aliphatic heterocycles. The first-order valence-corrected chi connectivity index (χ1v) is 6.77. The lowest BCUT2D eigenvalue weighted by Crippen LogP contribution is -2.22. The normalized spacial score (nSPS) is 14.2. The molecule has 0 bridgehead atoms. The maximum absolute atomic E-state index is 5.61. The van der Waals surface area contributed by atoms with Crippen molar-refractivity contribution in [2.24, 2.45) is 0 Å². The van der Waals surface area contributed by atoms with Gasteiger partial charge in [0.25, 0.3) is 0 Å². The number of hydrogen-bond acceptors (Lipinski definition) is 4. The van der Waals surface area contributed by atoms with E-state index in [4.69, 9.17) is 4.42 Å². The van der Waals surface area contributed by atoms with Crippen LogP contribution < -0.4 is 10.2 Å². The first kappa shape index (κ1) is 12.2. The molecule has 1 aromatic carbocycles. The first-order valence-electron chi connectivity index (χ1n) is 6.77. The number of nitrogens with zero attached hydrogens (tertiary/aromatic N) is 2. The van der Waals surface area contributed by atoms with E-state index in [0.717, 1.165) is 25.2 Å². The number of para-hydroxylation sites is 1. The number of anilines is 2. The van der Waals surface area contributed by atoms with E-state index in [2.05, 4.69) is 53.3 Å². The molecule has 3 rings (SSSR count). The highest BCUT2D eigenvalue weighted by Gasteiger charge is 2.23. The number of aromatic nitrogens is 1. The molecule has 1 aliphatic rings. The van der Waals surface area contributed by atoms with Crippen LogP contribution in [0.3, 0.4) is 0 Å². The Hall–Kier alpha value is -1.81. The zero-order chi connectivity index (χ0) is 13.2. The van der Waals surface area contributed by atoms with E-state index in [1.807, 2.05) is 0 Å². The molecule has 0 atom stereocenters. The molecule has 4 nitrogen and oxygen atoms in total. The summed E-state index contributed by atoms with van der Waals surface area (Å²) in [4.78, 5) is 6.71. The lowest BCUT2D eigenvalue weighted by molar-refractivity contribution is 0.549. The second kappa shape index (κ2) is 5.05. The standard InChI is InChI=1S/C15H19N3O/c1-11(2)16-9-13-10-19-15(17-13)18-8-7-12-5-3-4-6-14(12)18/h3-6,10-11,16H,7-9H2,1-2H3. The predicted molar refractivity (Wildman–Crippen MR) is 75.6 cm³/mol. The minimum absolute atomic E-state index is 0.452. The van der Waals surface area contributed by atoms with E-state index >= 15 is 0 Å². The summed E-state index contributed by atoms with van der Waals surface area (Å²) >= 11 is 0. The average molecular weight is 257 g/mol. The van der Waals surface area contributed by atoms with Crippen LogP contribution in [0.4, 0.5) is 11.7 Å². The Morgan fingerprint density at radius 1 is 1.37 bits per heavy atom. The van der Waals surface area contributed by atoms with Gasteiger partial charge in [0.05, 0.1) is 5.69 Å². The number of oxazole rings is 1. The van der Waals surface area contributed by atoms with Crippen LogP contribution in [-0.4, -0.2) is 17.6 Å². The van der Waals surface area contributed by atoms with Crippen molar-refractivity contribution in [1.82, 2.24) is 10.3 Å². The van der Waals surface area contributed by atoms with Gasteiger partial charge < -0.3 is 9.73 Å². The van der Waals surface area contributed by atoms with Crippen LogP contribution in [0.5, 0.6) is 0 Å². The SMILES string of the molecule is CC(C)NCc1coc(N2CCc3ccccc32)n1. The van der Waals surface area contributed by atoms with Gasteiger partial charge in [0.2, 0.25) is 0 Å². The van der Waals surface area contributed by atoms with Crippen molar-refractivity contribution in [3.63, 3.8) is 0 Å². The quantitative estimate of drug-likeness (QED) is 0.914. The van der Waals surface area contributed by atoms with Gasteiger partial charge in [-0.2, -0.15) is 4.98 Å². The number of rotatable bonds is 4. The maximum atomic E-state index is 5.61. The lowest BCUT2D eigenvalue weighted by Gasteiger charge is -2.13. The molecular formula is C15H19N3O. The molecule has 0 saturated heterocycles. The highest BCUT2D eigenvalue weighted by molar-refractivity contribution is 5.64. The van der Waals surface area contributed by atoms with Crippen LogP contribution in [0.25, 0.3) is 0 Å². The Kier molecular flexibility index (Phi) is 3.25. The van der Waals surface area contributed by atoms with Gasteiger partial charge >= 0.3 is 6.01 Å². The molecule has 1 aromatic heterocycles. The number of nitrogens with one attached hydrogen (secondary N) is 1. The van der Waals surface area contributed by atoms with Crippen LogP contribution in [-0.2, 0) is 13.0 Å². The lowest BCUT2D eigenvalue weighted by atomic mass is 10.2. The number of fused-ring (bicyclic) bond motifs is 1. The van der Waals surface area contributed by atoms with Crippen molar-refractivity contribution in [3.05, 3.63) is 41.8 Å². The molecule has 0 radical (unpaired) electrons. The molecule has 0 unspecified atom stereocenters. The van der Waals surface area contributed by atoms with E-state index in [-0.39, 0.29) is 0 Å². The fourth-order valence-electron chi connectivity index (χ4n) is 2.35. The van der Waals surface area contributed by atoms with Crippen molar-refractivity contribution in [2.75, 3.05) is 11.4 Å². The number of benzene rings is 1. The molecule has 0 saturated carbocycles. The molecule has 2 aromatic rings. The Morgan fingerprint density at radius 2 is 2.21 bits per heavy atom. The van der Waals surface area contributed by atoms with Gasteiger partial charge in [0, 0.05) is 24.8 Å². The van der Waals surface area contributed by atoms with Gasteiger partial charge in [-0.1, -0.05) is 32.0 Å². The topological polar surface area (TPSA) is 41.3 Å². The monoisotopic (exact) mass is 257 g/mol. The summed E-state index contributed by atoms with van der Waals surface area (Å²) in [5, 5.41) is 3.34. The Labute approximate surface area is 113 Å². The average Bonchev–Trinajstić information content (AvgIpc) is 3.02. The van der Waals surface area contributed by atoms with Crippen LogP contribution in [0.15, 0.2) is 34.9 Å². The van der Waals surface area contributed by atoms with E-state index in [9.17, 15) is 0 Å². The minimum Gasteiger partial charge on any atom is -0.431 e. The smallest absolute Gasteiger partial charge is 0.302 e. The summed E-state index contributed by atoms with van der Waals surface area (Å²) in [5.41, 5.74) is 3.53. The third kappa shape index (κ3) is 2.49. The second-order valence-electron chi connectivity index (χ2n) is 5.19. The van der Waals surface area contributed by atoms with Crippen LogP contribution in [0, 0.1) is 0 Å². The minimum atomic E-state index is 0.452. The Morgan fingerprint density at radius 3 is 3.05 bits per heavy atom. The summed E-state index contributed by atoms with van der Waals surface area (Å²) in [6, 6.07) is 9.58. The third-order valence-corrected chi connectivity index (χ3v) is 3.35. The van der Waals surface area contributed by atoms with Crippen molar-refractivity contribution in [3.8, 4) is 0 Å². The van der Waals surface area contributed by atoms with E-state index in [0.29, 0.717) is 12.1 Å². The van der Waals surface area contributed by atoms with Crippen molar-refractivity contribution in [1.29, 1.82) is 0 Å². The molecule has 0 aliphatic carbocycles. The molecule has 2 heterocycles. The summed E-state index contributed by atoms with van der Waals surface area (Å²) in [6.07, 6.45) is 2.80. The van der Waals surface area contributed by atoms with E-state index in [1.54, 1.807) is 6.26 Å². The summed E-state index contributed by atoms with van der Waals surface area (Å²) < 4.78 is 5.61. The molecular weight excluding hydrogens is 238 g/mol. The molecule has 1 N–H and O–H groups in total. The van der Waals surface area contributed by atoms with E-state index in [1.165, 1.54) is 11.3 Å². The third-order valence-electron chi connectivity index (χ3n) is 3.35. The first-order chi connectivity index (χ1) is 9.24. The van der Waals surface area contributed by atoms with Crippen molar-refractivity contribution in [2.45, 2.75) is 32.9 Å².